The average molecular weight is 208 g/mol. The van der Waals surface area contributed by atoms with Crippen molar-refractivity contribution in [2.24, 2.45) is 0 Å². The molecule has 0 saturated carbocycles. The van der Waals surface area contributed by atoms with Crippen molar-refractivity contribution in [3.8, 4) is 0 Å². The van der Waals surface area contributed by atoms with Gasteiger partial charge in [0.25, 0.3) is 0 Å². The number of methoxy groups -OCH3 is 1. The maximum atomic E-state index is 11.7. The van der Waals surface area contributed by atoms with Gasteiger partial charge in [-0.05, 0) is 25.5 Å². The summed E-state index contributed by atoms with van der Waals surface area (Å²) < 4.78 is 10.1. The van der Waals surface area contributed by atoms with Crippen LogP contribution >= 0.6 is 0 Å². The topological polar surface area (TPSA) is 35.5 Å². The van der Waals surface area contributed by atoms with Gasteiger partial charge in [0.1, 0.15) is 0 Å². The van der Waals surface area contributed by atoms with Gasteiger partial charge in [0.05, 0.1) is 18.3 Å². The van der Waals surface area contributed by atoms with Crippen molar-refractivity contribution in [1.29, 1.82) is 0 Å². The second-order valence-electron chi connectivity index (χ2n) is 3.54. The first-order chi connectivity index (χ1) is 7.15. The summed E-state index contributed by atoms with van der Waals surface area (Å²) in [6, 6.07) is 7.30. The zero-order valence-electron chi connectivity index (χ0n) is 9.32. The minimum Gasteiger partial charge on any atom is -0.459 e. The first-order valence-corrected chi connectivity index (χ1v) is 4.93. The van der Waals surface area contributed by atoms with Crippen LogP contribution in [0.15, 0.2) is 24.3 Å². The summed E-state index contributed by atoms with van der Waals surface area (Å²) in [6.07, 6.45) is -0.104. The summed E-state index contributed by atoms with van der Waals surface area (Å²) in [7, 11) is 1.60. The van der Waals surface area contributed by atoms with Crippen LogP contribution < -0.4 is 0 Å². The number of carbonyl (C=O) groups is 1. The zero-order chi connectivity index (χ0) is 11.3. The van der Waals surface area contributed by atoms with Crippen LogP contribution in [0.3, 0.4) is 0 Å². The Morgan fingerprint density at radius 3 is 2.60 bits per heavy atom. The summed E-state index contributed by atoms with van der Waals surface area (Å²) in [5, 5.41) is 0. The van der Waals surface area contributed by atoms with E-state index in [0.29, 0.717) is 12.2 Å². The fourth-order valence-corrected chi connectivity index (χ4v) is 1.28. The van der Waals surface area contributed by atoms with Crippen LogP contribution in [-0.4, -0.2) is 19.2 Å². The molecule has 0 amide bonds. The van der Waals surface area contributed by atoms with Crippen molar-refractivity contribution < 1.29 is 14.3 Å². The fraction of sp³-hybridized carbons (Fsp3) is 0.417. The molecule has 1 rings (SSSR count). The van der Waals surface area contributed by atoms with Crippen LogP contribution in [0.1, 0.15) is 29.8 Å². The van der Waals surface area contributed by atoms with Crippen molar-refractivity contribution in [2.45, 2.75) is 26.6 Å². The molecule has 0 unspecified atom stereocenters. The van der Waals surface area contributed by atoms with E-state index < -0.39 is 0 Å². The molecule has 0 spiro atoms. The number of ether oxygens (including phenoxy) is 2. The Labute approximate surface area is 90.0 Å². The van der Waals surface area contributed by atoms with E-state index >= 15 is 0 Å². The number of carbonyl (C=O) groups excluding carboxylic acids is 1. The molecule has 0 fully saturated rings. The van der Waals surface area contributed by atoms with Crippen molar-refractivity contribution in [1.82, 2.24) is 0 Å². The highest BCUT2D eigenvalue weighted by Crippen LogP contribution is 2.12. The van der Waals surface area contributed by atoms with Gasteiger partial charge in [-0.3, -0.25) is 0 Å². The van der Waals surface area contributed by atoms with E-state index in [0.717, 1.165) is 5.56 Å². The van der Waals surface area contributed by atoms with E-state index in [1.54, 1.807) is 13.2 Å². The molecule has 0 atom stereocenters. The highest BCUT2D eigenvalue weighted by molar-refractivity contribution is 5.91. The zero-order valence-corrected chi connectivity index (χ0v) is 9.32. The smallest absolute Gasteiger partial charge is 0.338 e. The van der Waals surface area contributed by atoms with E-state index in [1.807, 2.05) is 32.0 Å². The molecule has 0 saturated heterocycles. The summed E-state index contributed by atoms with van der Waals surface area (Å²) in [4.78, 5) is 11.7. The fourth-order valence-electron chi connectivity index (χ4n) is 1.28. The van der Waals surface area contributed by atoms with Gasteiger partial charge in [0.15, 0.2) is 0 Å². The molecule has 3 nitrogen and oxygen atoms in total. The van der Waals surface area contributed by atoms with Crippen LogP contribution in [0.5, 0.6) is 0 Å². The van der Waals surface area contributed by atoms with Crippen molar-refractivity contribution in [2.75, 3.05) is 7.11 Å². The average Bonchev–Trinajstić information content (AvgIpc) is 2.18. The summed E-state index contributed by atoms with van der Waals surface area (Å²) >= 11 is 0. The van der Waals surface area contributed by atoms with Crippen molar-refractivity contribution >= 4 is 5.97 Å². The molecule has 0 aromatic heterocycles. The van der Waals surface area contributed by atoms with Crippen LogP contribution in [0.4, 0.5) is 0 Å². The first kappa shape index (κ1) is 11.7. The van der Waals surface area contributed by atoms with Gasteiger partial charge in [0.2, 0.25) is 0 Å². The summed E-state index contributed by atoms with van der Waals surface area (Å²) in [6.45, 7) is 4.08. The van der Waals surface area contributed by atoms with Crippen LogP contribution in [-0.2, 0) is 16.1 Å². The molecule has 3 heteroatoms. The van der Waals surface area contributed by atoms with E-state index in [4.69, 9.17) is 9.47 Å². The summed E-state index contributed by atoms with van der Waals surface area (Å²) in [5.74, 6) is -0.294. The lowest BCUT2D eigenvalue weighted by Crippen LogP contribution is -2.13. The Morgan fingerprint density at radius 1 is 1.33 bits per heavy atom. The molecule has 0 aliphatic heterocycles. The van der Waals surface area contributed by atoms with Gasteiger partial charge in [-0.15, -0.1) is 0 Å². The molecule has 0 N–H and O–H groups in total. The molecule has 0 aliphatic carbocycles. The standard InChI is InChI=1S/C12H16O3/c1-9(2)15-12(13)11-7-5-4-6-10(11)8-14-3/h4-7,9H,8H2,1-3H3. The third-order valence-electron chi connectivity index (χ3n) is 1.88. The Bertz CT molecular complexity index is 331. The maximum Gasteiger partial charge on any atom is 0.338 e. The number of esters is 1. The highest BCUT2D eigenvalue weighted by atomic mass is 16.5. The van der Waals surface area contributed by atoms with Gasteiger partial charge in [-0.2, -0.15) is 0 Å². The van der Waals surface area contributed by atoms with E-state index in [2.05, 4.69) is 0 Å². The van der Waals surface area contributed by atoms with Crippen LogP contribution in [0, 0.1) is 0 Å². The number of hydrogen-bond acceptors (Lipinski definition) is 3. The molecule has 15 heavy (non-hydrogen) atoms. The molecule has 0 bridgehead atoms. The van der Waals surface area contributed by atoms with Crippen molar-refractivity contribution in [3.63, 3.8) is 0 Å². The summed E-state index contributed by atoms with van der Waals surface area (Å²) in [5.41, 5.74) is 1.43. The minimum atomic E-state index is -0.294. The first-order valence-electron chi connectivity index (χ1n) is 4.93. The Kier molecular flexibility index (Phi) is 4.31. The third kappa shape index (κ3) is 3.36. The predicted octanol–water partition coefficient (Wildman–Crippen LogP) is 2.40. The Balaban J connectivity index is 2.87. The van der Waals surface area contributed by atoms with Gasteiger partial charge in [-0.25, -0.2) is 4.79 Å². The second-order valence-corrected chi connectivity index (χ2v) is 3.54. The van der Waals surface area contributed by atoms with E-state index in [1.165, 1.54) is 0 Å². The third-order valence-corrected chi connectivity index (χ3v) is 1.88. The molecule has 0 aliphatic rings. The molecule has 1 aromatic rings. The van der Waals surface area contributed by atoms with Crippen LogP contribution in [0.25, 0.3) is 0 Å². The maximum absolute atomic E-state index is 11.7. The molecular weight excluding hydrogens is 192 g/mol. The monoisotopic (exact) mass is 208 g/mol. The molecule has 82 valence electrons. The number of benzene rings is 1. The van der Waals surface area contributed by atoms with Crippen LogP contribution in [0.2, 0.25) is 0 Å². The number of hydrogen-bond donors (Lipinski definition) is 0. The SMILES string of the molecule is COCc1ccccc1C(=O)OC(C)C. The van der Waals surface area contributed by atoms with Gasteiger partial charge >= 0.3 is 5.97 Å². The molecular formula is C12H16O3. The lowest BCUT2D eigenvalue weighted by atomic mass is 10.1. The quantitative estimate of drug-likeness (QED) is 0.713. The van der Waals surface area contributed by atoms with Gasteiger partial charge in [-0.1, -0.05) is 18.2 Å². The van der Waals surface area contributed by atoms with E-state index in [9.17, 15) is 4.79 Å². The Hall–Kier alpha value is -1.35. The Morgan fingerprint density at radius 2 is 2.00 bits per heavy atom. The molecule has 0 radical (unpaired) electrons. The van der Waals surface area contributed by atoms with Gasteiger partial charge < -0.3 is 9.47 Å². The normalized spacial score (nSPS) is 10.4. The van der Waals surface area contributed by atoms with Gasteiger partial charge in [0, 0.05) is 7.11 Å². The highest BCUT2D eigenvalue weighted by Gasteiger charge is 2.12. The second kappa shape index (κ2) is 5.51. The largest absolute Gasteiger partial charge is 0.459 e. The lowest BCUT2D eigenvalue weighted by molar-refractivity contribution is 0.0373. The van der Waals surface area contributed by atoms with E-state index in [-0.39, 0.29) is 12.1 Å². The number of rotatable bonds is 4. The minimum absolute atomic E-state index is 0.104. The molecule has 0 heterocycles. The molecule has 1 aromatic carbocycles. The predicted molar refractivity (Wildman–Crippen MR) is 57.7 cm³/mol. The van der Waals surface area contributed by atoms with Crippen molar-refractivity contribution in [3.05, 3.63) is 35.4 Å². The lowest BCUT2D eigenvalue weighted by Gasteiger charge is -2.10.